The molecule has 0 fully saturated rings. The fraction of sp³-hybridized carbons (Fsp3) is 0.250. The molecule has 2 aromatic rings. The van der Waals surface area contributed by atoms with Gasteiger partial charge in [-0.25, -0.2) is 0 Å². The van der Waals surface area contributed by atoms with E-state index in [1.165, 1.54) is 17.2 Å². The van der Waals surface area contributed by atoms with Crippen LogP contribution in [0.2, 0.25) is 0 Å². The fourth-order valence-electron chi connectivity index (χ4n) is 2.69. The second-order valence-electron chi connectivity index (χ2n) is 5.21. The van der Waals surface area contributed by atoms with Crippen LogP contribution in [0.25, 0.3) is 0 Å². The molecule has 0 aromatic heterocycles. The van der Waals surface area contributed by atoms with E-state index in [9.17, 15) is 13.2 Å². The van der Waals surface area contributed by atoms with E-state index in [4.69, 9.17) is 0 Å². The number of hydrogen-bond donors (Lipinski definition) is 1. The van der Waals surface area contributed by atoms with Crippen LogP contribution < -0.4 is 5.32 Å². The van der Waals surface area contributed by atoms with Crippen LogP contribution in [0.15, 0.2) is 46.9 Å². The molecule has 0 saturated carbocycles. The van der Waals surface area contributed by atoms with Crippen molar-refractivity contribution < 1.29 is 13.2 Å². The van der Waals surface area contributed by atoms with Crippen molar-refractivity contribution in [3.63, 3.8) is 0 Å². The van der Waals surface area contributed by atoms with Gasteiger partial charge in [0, 0.05) is 16.2 Å². The number of alkyl halides is 3. The Morgan fingerprint density at radius 1 is 1.00 bits per heavy atom. The van der Waals surface area contributed by atoms with Gasteiger partial charge in [-0.1, -0.05) is 24.3 Å². The zero-order chi connectivity index (χ0) is 15.0. The second kappa shape index (κ2) is 5.37. The van der Waals surface area contributed by atoms with E-state index in [2.05, 4.69) is 33.4 Å². The minimum atomic E-state index is -4.31. The Hall–Kier alpha value is -1.49. The van der Waals surface area contributed by atoms with Gasteiger partial charge >= 0.3 is 6.18 Å². The molecule has 21 heavy (non-hydrogen) atoms. The highest BCUT2D eigenvalue weighted by molar-refractivity contribution is 9.10. The number of nitrogens with one attached hydrogen (secondary N) is 1. The van der Waals surface area contributed by atoms with Crippen LogP contribution in [0.3, 0.4) is 0 Å². The predicted molar refractivity (Wildman–Crippen MR) is 80.4 cm³/mol. The lowest BCUT2D eigenvalue weighted by Crippen LogP contribution is -2.20. The smallest absolute Gasteiger partial charge is 0.381 e. The quantitative estimate of drug-likeness (QED) is 0.794. The lowest BCUT2D eigenvalue weighted by molar-refractivity contribution is -0.137. The lowest BCUT2D eigenvalue weighted by atomic mass is 10.1. The molecular formula is C16H13BrF3N. The highest BCUT2D eigenvalue weighted by atomic mass is 79.9. The van der Waals surface area contributed by atoms with E-state index in [0.717, 1.165) is 25.0 Å². The normalized spacial score (nSPS) is 15.0. The van der Waals surface area contributed by atoms with Crippen LogP contribution in [0.4, 0.5) is 18.9 Å². The minimum Gasteiger partial charge on any atom is -0.381 e. The first kappa shape index (κ1) is 14.4. The van der Waals surface area contributed by atoms with Crippen molar-refractivity contribution >= 4 is 21.6 Å². The summed E-state index contributed by atoms with van der Waals surface area (Å²) in [6.45, 7) is 0. The van der Waals surface area contributed by atoms with Gasteiger partial charge in [-0.2, -0.15) is 13.2 Å². The summed E-state index contributed by atoms with van der Waals surface area (Å²) in [5, 5.41) is 3.32. The Labute approximate surface area is 129 Å². The van der Waals surface area contributed by atoms with Crippen LogP contribution >= 0.6 is 15.9 Å². The van der Waals surface area contributed by atoms with Crippen LogP contribution in [0.1, 0.15) is 16.7 Å². The van der Waals surface area contributed by atoms with Gasteiger partial charge in [-0.05, 0) is 58.1 Å². The highest BCUT2D eigenvalue weighted by Crippen LogP contribution is 2.35. The zero-order valence-corrected chi connectivity index (χ0v) is 12.6. The van der Waals surface area contributed by atoms with Gasteiger partial charge in [-0.15, -0.1) is 0 Å². The van der Waals surface area contributed by atoms with Crippen molar-refractivity contribution in [2.45, 2.75) is 25.1 Å². The molecule has 1 N–H and O–H groups in total. The second-order valence-corrected chi connectivity index (χ2v) is 6.06. The van der Waals surface area contributed by atoms with E-state index in [0.29, 0.717) is 10.2 Å². The van der Waals surface area contributed by atoms with E-state index in [-0.39, 0.29) is 6.04 Å². The third kappa shape index (κ3) is 3.07. The van der Waals surface area contributed by atoms with E-state index >= 15 is 0 Å². The molecule has 1 aliphatic rings. The number of rotatable bonds is 2. The third-order valence-electron chi connectivity index (χ3n) is 3.71. The van der Waals surface area contributed by atoms with Crippen LogP contribution in [0, 0.1) is 0 Å². The molecule has 0 atom stereocenters. The number of hydrogen-bond acceptors (Lipinski definition) is 1. The zero-order valence-electron chi connectivity index (χ0n) is 11.0. The predicted octanol–water partition coefficient (Wildman–Crippen LogP) is 5.05. The summed E-state index contributed by atoms with van der Waals surface area (Å²) >= 11 is 3.22. The van der Waals surface area contributed by atoms with E-state index < -0.39 is 11.7 Å². The molecule has 0 heterocycles. The Bertz CT molecular complexity index is 642. The molecule has 0 spiro atoms. The molecule has 0 saturated heterocycles. The first-order valence-electron chi connectivity index (χ1n) is 6.63. The first-order valence-corrected chi connectivity index (χ1v) is 7.43. The monoisotopic (exact) mass is 355 g/mol. The Balaban J connectivity index is 1.75. The van der Waals surface area contributed by atoms with Crippen molar-refractivity contribution in [2.24, 2.45) is 0 Å². The van der Waals surface area contributed by atoms with Gasteiger partial charge in [0.1, 0.15) is 0 Å². The average Bonchev–Trinajstić information content (AvgIpc) is 2.82. The summed E-state index contributed by atoms with van der Waals surface area (Å²) in [6.07, 6.45) is -2.53. The van der Waals surface area contributed by atoms with E-state index in [1.54, 1.807) is 0 Å². The summed E-state index contributed by atoms with van der Waals surface area (Å²) in [7, 11) is 0. The topological polar surface area (TPSA) is 12.0 Å². The van der Waals surface area contributed by atoms with Crippen molar-refractivity contribution in [2.75, 3.05) is 5.32 Å². The summed E-state index contributed by atoms with van der Waals surface area (Å²) < 4.78 is 38.4. The SMILES string of the molecule is FC(F)(F)c1ccc(NC2Cc3ccccc3C2)c(Br)c1. The van der Waals surface area contributed by atoms with Crippen LogP contribution in [-0.2, 0) is 19.0 Å². The van der Waals surface area contributed by atoms with Crippen molar-refractivity contribution in [3.05, 3.63) is 63.6 Å². The lowest BCUT2D eigenvalue weighted by Gasteiger charge is -2.16. The summed E-state index contributed by atoms with van der Waals surface area (Å²) in [5.41, 5.74) is 2.66. The summed E-state index contributed by atoms with van der Waals surface area (Å²) in [5.74, 6) is 0. The molecular weight excluding hydrogens is 343 g/mol. The molecule has 0 unspecified atom stereocenters. The number of fused-ring (bicyclic) bond motifs is 1. The van der Waals surface area contributed by atoms with Gasteiger partial charge in [0.25, 0.3) is 0 Å². The molecule has 0 aliphatic heterocycles. The standard InChI is InChI=1S/C16H13BrF3N/c17-14-9-12(16(18,19)20)5-6-15(14)21-13-7-10-3-1-2-4-11(10)8-13/h1-6,9,13,21H,7-8H2. The van der Waals surface area contributed by atoms with E-state index in [1.807, 2.05) is 12.1 Å². The van der Waals surface area contributed by atoms with Gasteiger partial charge in [0.15, 0.2) is 0 Å². The molecule has 5 heteroatoms. The van der Waals surface area contributed by atoms with Crippen molar-refractivity contribution in [1.82, 2.24) is 0 Å². The summed E-state index contributed by atoms with van der Waals surface area (Å²) in [4.78, 5) is 0. The first-order chi connectivity index (χ1) is 9.93. The number of halogens is 4. The number of anilines is 1. The largest absolute Gasteiger partial charge is 0.416 e. The van der Waals surface area contributed by atoms with Gasteiger partial charge in [-0.3, -0.25) is 0 Å². The van der Waals surface area contributed by atoms with Gasteiger partial charge in [0.05, 0.1) is 5.56 Å². The van der Waals surface area contributed by atoms with Gasteiger partial charge < -0.3 is 5.32 Å². The Morgan fingerprint density at radius 3 is 2.14 bits per heavy atom. The van der Waals surface area contributed by atoms with Crippen molar-refractivity contribution in [1.29, 1.82) is 0 Å². The third-order valence-corrected chi connectivity index (χ3v) is 4.36. The maximum atomic E-state index is 12.6. The molecule has 3 rings (SSSR count). The molecule has 110 valence electrons. The maximum Gasteiger partial charge on any atom is 0.416 e. The molecule has 2 aromatic carbocycles. The molecule has 1 aliphatic carbocycles. The van der Waals surface area contributed by atoms with Crippen molar-refractivity contribution in [3.8, 4) is 0 Å². The fourth-order valence-corrected chi connectivity index (χ4v) is 3.18. The van der Waals surface area contributed by atoms with Gasteiger partial charge in [0.2, 0.25) is 0 Å². The maximum absolute atomic E-state index is 12.6. The number of benzene rings is 2. The average molecular weight is 356 g/mol. The Morgan fingerprint density at radius 2 is 1.62 bits per heavy atom. The summed E-state index contributed by atoms with van der Waals surface area (Å²) in [6, 6.07) is 12.1. The minimum absolute atomic E-state index is 0.218. The Kier molecular flexibility index (Phi) is 3.69. The molecule has 0 radical (unpaired) electrons. The molecule has 0 amide bonds. The van der Waals surface area contributed by atoms with Crippen LogP contribution in [0.5, 0.6) is 0 Å². The highest BCUT2D eigenvalue weighted by Gasteiger charge is 2.31. The van der Waals surface area contributed by atoms with Crippen LogP contribution in [-0.4, -0.2) is 6.04 Å². The molecule has 0 bridgehead atoms. The molecule has 1 nitrogen and oxygen atoms in total.